The van der Waals surface area contributed by atoms with Crippen LogP contribution in [0, 0.1) is 5.92 Å². The van der Waals surface area contributed by atoms with Crippen LogP contribution in [-0.2, 0) is 19.5 Å². The van der Waals surface area contributed by atoms with Gasteiger partial charge in [0.2, 0.25) is 0 Å². The lowest BCUT2D eigenvalue weighted by atomic mass is 9.83. The number of benzene rings is 1. The Morgan fingerprint density at radius 2 is 2.03 bits per heavy atom. The molecule has 3 aromatic rings. The molecule has 31 heavy (non-hydrogen) atoms. The van der Waals surface area contributed by atoms with Crippen molar-refractivity contribution in [3.05, 3.63) is 72.9 Å². The average Bonchev–Trinajstić information content (AvgIpc) is 2.73. The van der Waals surface area contributed by atoms with E-state index in [1.165, 1.54) is 6.07 Å². The zero-order valence-corrected chi connectivity index (χ0v) is 18.2. The molecule has 2 bridgehead atoms. The molecule has 0 unspecified atom stereocenters. The maximum absolute atomic E-state index is 12.3. The lowest BCUT2D eigenvalue weighted by Crippen LogP contribution is -2.46. The summed E-state index contributed by atoms with van der Waals surface area (Å²) in [6.07, 6.45) is 2.68. The topological polar surface area (TPSA) is 75.7 Å². The van der Waals surface area contributed by atoms with Gasteiger partial charge in [-0.1, -0.05) is 31.0 Å². The van der Waals surface area contributed by atoms with Crippen LogP contribution in [0.25, 0.3) is 11.0 Å². The van der Waals surface area contributed by atoms with Crippen molar-refractivity contribution in [3.63, 3.8) is 0 Å². The van der Waals surface area contributed by atoms with Gasteiger partial charge >= 0.3 is 5.63 Å². The van der Waals surface area contributed by atoms with E-state index in [0.717, 1.165) is 49.0 Å². The molecule has 0 aliphatic carbocycles. The summed E-state index contributed by atoms with van der Waals surface area (Å²) in [7, 11) is 0. The van der Waals surface area contributed by atoms with Crippen LogP contribution in [-0.4, -0.2) is 27.7 Å². The number of rotatable bonds is 4. The summed E-state index contributed by atoms with van der Waals surface area (Å²) in [5, 5.41) is 11.8. The molecule has 5 rings (SSSR count). The Bertz CT molecular complexity index is 1280. The van der Waals surface area contributed by atoms with Gasteiger partial charge in [-0.15, -0.1) is 0 Å². The van der Waals surface area contributed by atoms with Gasteiger partial charge < -0.3 is 14.1 Å². The van der Waals surface area contributed by atoms with Crippen LogP contribution in [0.4, 0.5) is 0 Å². The average molecular weight is 441 g/mol. The van der Waals surface area contributed by atoms with Gasteiger partial charge in [-0.2, -0.15) is 0 Å². The second-order valence-electron chi connectivity index (χ2n) is 8.80. The summed E-state index contributed by atoms with van der Waals surface area (Å²) in [5.74, 6) is 0.594. The predicted molar refractivity (Wildman–Crippen MR) is 120 cm³/mol. The number of nitrogens with zero attached hydrogens (tertiary/aromatic N) is 2. The van der Waals surface area contributed by atoms with Crippen LogP contribution in [0.1, 0.15) is 42.5 Å². The molecule has 7 heteroatoms. The van der Waals surface area contributed by atoms with Crippen molar-refractivity contribution in [2.45, 2.75) is 45.2 Å². The van der Waals surface area contributed by atoms with E-state index in [9.17, 15) is 14.7 Å². The fourth-order valence-corrected chi connectivity index (χ4v) is 5.57. The highest BCUT2D eigenvalue weighted by atomic mass is 35.5. The fourth-order valence-electron chi connectivity index (χ4n) is 5.35. The second kappa shape index (κ2) is 7.84. The van der Waals surface area contributed by atoms with Gasteiger partial charge in [0.25, 0.3) is 5.56 Å². The molecule has 1 fully saturated rings. The molecule has 0 saturated carbocycles. The first-order valence-corrected chi connectivity index (χ1v) is 11.2. The number of pyridine rings is 1. The molecule has 0 radical (unpaired) electrons. The highest BCUT2D eigenvalue weighted by Gasteiger charge is 2.35. The van der Waals surface area contributed by atoms with Crippen molar-refractivity contribution in [3.8, 4) is 5.75 Å². The van der Waals surface area contributed by atoms with Crippen molar-refractivity contribution in [1.82, 2.24) is 9.47 Å². The molecule has 1 saturated heterocycles. The molecule has 2 aliphatic rings. The summed E-state index contributed by atoms with van der Waals surface area (Å²) in [6, 6.07) is 8.69. The van der Waals surface area contributed by atoms with Gasteiger partial charge in [0.05, 0.1) is 10.6 Å². The number of phenolic OH excluding ortho intramolecular Hbond substituents is 1. The molecule has 1 N–H and O–H groups in total. The number of hydrogen-bond acceptors (Lipinski definition) is 5. The normalized spacial score (nSPS) is 20.7. The minimum Gasteiger partial charge on any atom is -0.506 e. The monoisotopic (exact) mass is 440 g/mol. The number of aromatic hydroxyl groups is 1. The van der Waals surface area contributed by atoms with Gasteiger partial charge in [-0.25, -0.2) is 4.79 Å². The smallest absolute Gasteiger partial charge is 0.336 e. The number of fused-ring (bicyclic) bond motifs is 5. The molecule has 0 amide bonds. The Hall–Kier alpha value is -2.57. The third-order valence-corrected chi connectivity index (χ3v) is 6.89. The standard InChI is InChI=1S/C24H25ClN2O4/c1-2-4-15-8-22(29)31-24-17(15)9-19(25)23(30)18(24)13-26-10-14-7-16(12-26)20-5-3-6-21(28)27(20)11-14/h3,5-6,8-9,14,16,30H,2,4,7,10-13H2,1H3/t14-,16+/m1/s1. The minimum absolute atomic E-state index is 0.0293. The maximum atomic E-state index is 12.3. The lowest BCUT2D eigenvalue weighted by molar-refractivity contribution is 0.113. The Kier molecular flexibility index (Phi) is 5.15. The number of halogens is 1. The Morgan fingerprint density at radius 3 is 2.84 bits per heavy atom. The number of hydrogen-bond donors (Lipinski definition) is 1. The van der Waals surface area contributed by atoms with Crippen LogP contribution < -0.4 is 11.2 Å². The molecular weight excluding hydrogens is 416 g/mol. The molecule has 6 nitrogen and oxygen atoms in total. The molecule has 2 aliphatic heterocycles. The zero-order chi connectivity index (χ0) is 21.7. The van der Waals surface area contributed by atoms with E-state index < -0.39 is 5.63 Å². The van der Waals surface area contributed by atoms with E-state index in [1.807, 2.05) is 16.7 Å². The van der Waals surface area contributed by atoms with Crippen molar-refractivity contribution in [2.24, 2.45) is 5.92 Å². The van der Waals surface area contributed by atoms with Crippen LogP contribution in [0.2, 0.25) is 5.02 Å². The summed E-state index contributed by atoms with van der Waals surface area (Å²) < 4.78 is 7.48. The molecule has 2 atom stereocenters. The number of aryl methyl sites for hydroxylation is 1. The van der Waals surface area contributed by atoms with E-state index in [1.54, 1.807) is 12.1 Å². The highest BCUT2D eigenvalue weighted by Crippen LogP contribution is 2.39. The number of phenols is 1. The molecule has 0 spiro atoms. The van der Waals surface area contributed by atoms with E-state index in [0.29, 0.717) is 30.2 Å². The Labute approximate surface area is 184 Å². The maximum Gasteiger partial charge on any atom is 0.336 e. The predicted octanol–water partition coefficient (Wildman–Crippen LogP) is 3.89. The number of piperidine rings is 1. The van der Waals surface area contributed by atoms with Crippen LogP contribution in [0.5, 0.6) is 5.75 Å². The Balaban J connectivity index is 1.54. The SMILES string of the molecule is CCCc1cc(=O)oc2c(CN3C[C@H]4C[C@@H](C3)c3cccc(=O)n3C4)c(O)c(Cl)cc12. The first-order valence-electron chi connectivity index (χ1n) is 10.8. The summed E-state index contributed by atoms with van der Waals surface area (Å²) in [5.41, 5.74) is 2.59. The van der Waals surface area contributed by atoms with Crippen LogP contribution in [0.15, 0.2) is 44.3 Å². The first kappa shape index (κ1) is 20.3. The molecule has 2 aromatic heterocycles. The molecular formula is C24H25ClN2O4. The van der Waals surface area contributed by atoms with Crippen LogP contribution >= 0.6 is 11.6 Å². The summed E-state index contributed by atoms with van der Waals surface area (Å²) in [4.78, 5) is 26.8. The molecule has 1 aromatic carbocycles. The number of aromatic nitrogens is 1. The third-order valence-electron chi connectivity index (χ3n) is 6.60. The van der Waals surface area contributed by atoms with Gasteiger partial charge in [-0.05, 0) is 36.5 Å². The van der Waals surface area contributed by atoms with E-state index in [4.69, 9.17) is 16.0 Å². The minimum atomic E-state index is -0.414. The zero-order valence-electron chi connectivity index (χ0n) is 17.4. The van der Waals surface area contributed by atoms with Crippen molar-refractivity contribution in [2.75, 3.05) is 13.1 Å². The highest BCUT2D eigenvalue weighted by molar-refractivity contribution is 6.33. The van der Waals surface area contributed by atoms with Gasteiger partial charge in [0.15, 0.2) is 0 Å². The second-order valence-corrected chi connectivity index (χ2v) is 9.20. The largest absolute Gasteiger partial charge is 0.506 e. The number of likely N-dealkylation sites (tertiary alicyclic amines) is 1. The van der Waals surface area contributed by atoms with Crippen molar-refractivity contribution in [1.29, 1.82) is 0 Å². The fraction of sp³-hybridized carbons (Fsp3) is 0.417. The van der Waals surface area contributed by atoms with Gasteiger partial charge in [0.1, 0.15) is 11.3 Å². The van der Waals surface area contributed by atoms with E-state index in [2.05, 4.69) is 11.8 Å². The summed E-state index contributed by atoms with van der Waals surface area (Å²) >= 11 is 6.38. The van der Waals surface area contributed by atoms with Crippen LogP contribution in [0.3, 0.4) is 0 Å². The van der Waals surface area contributed by atoms with Gasteiger partial charge in [0, 0.05) is 55.3 Å². The first-order chi connectivity index (χ1) is 14.9. The summed E-state index contributed by atoms with van der Waals surface area (Å²) in [6.45, 7) is 4.78. The lowest BCUT2D eigenvalue weighted by Gasteiger charge is -2.42. The molecule has 4 heterocycles. The van der Waals surface area contributed by atoms with E-state index >= 15 is 0 Å². The van der Waals surface area contributed by atoms with Gasteiger partial charge in [-0.3, -0.25) is 9.69 Å². The van der Waals surface area contributed by atoms with Crippen molar-refractivity contribution >= 4 is 22.6 Å². The van der Waals surface area contributed by atoms with E-state index in [-0.39, 0.29) is 22.2 Å². The third kappa shape index (κ3) is 3.58. The quantitative estimate of drug-likeness (QED) is 0.623. The Morgan fingerprint density at radius 1 is 1.19 bits per heavy atom. The van der Waals surface area contributed by atoms with Crippen molar-refractivity contribution < 1.29 is 9.52 Å². The molecule has 162 valence electrons.